The van der Waals surface area contributed by atoms with Crippen LogP contribution in [0.15, 0.2) is 23.7 Å². The molecule has 0 unspecified atom stereocenters. The Hall–Kier alpha value is -1.46. The van der Waals surface area contributed by atoms with Crippen molar-refractivity contribution in [2.24, 2.45) is 0 Å². The molecule has 5 heteroatoms. The lowest BCUT2D eigenvalue weighted by atomic mass is 10.2. The third kappa shape index (κ3) is 4.02. The molecule has 1 aliphatic carbocycles. The predicted molar refractivity (Wildman–Crippen MR) is 87.9 cm³/mol. The highest BCUT2D eigenvalue weighted by Gasteiger charge is 2.20. The van der Waals surface area contributed by atoms with E-state index in [1.807, 2.05) is 6.20 Å². The molecule has 0 saturated heterocycles. The fourth-order valence-corrected chi connectivity index (χ4v) is 2.91. The van der Waals surface area contributed by atoms with Gasteiger partial charge in [0.2, 0.25) is 5.95 Å². The Kier molecular flexibility index (Phi) is 4.51. The van der Waals surface area contributed by atoms with Gasteiger partial charge in [-0.15, -0.1) is 11.3 Å². The van der Waals surface area contributed by atoms with Gasteiger partial charge in [-0.1, -0.05) is 6.07 Å². The number of rotatable bonds is 7. The summed E-state index contributed by atoms with van der Waals surface area (Å²) in [4.78, 5) is 12.7. The van der Waals surface area contributed by atoms with Gasteiger partial charge < -0.3 is 10.2 Å². The minimum absolute atomic E-state index is 0.720. The fourth-order valence-electron chi connectivity index (χ4n) is 2.21. The van der Waals surface area contributed by atoms with E-state index in [2.05, 4.69) is 51.7 Å². The van der Waals surface area contributed by atoms with E-state index in [9.17, 15) is 0 Å². The Morgan fingerprint density at radius 2 is 2.29 bits per heavy atom. The second kappa shape index (κ2) is 6.54. The maximum absolute atomic E-state index is 4.65. The molecule has 2 aromatic rings. The van der Waals surface area contributed by atoms with Crippen LogP contribution in [0.3, 0.4) is 0 Å². The molecule has 112 valence electrons. The predicted octanol–water partition coefficient (Wildman–Crippen LogP) is 2.78. The molecule has 2 heterocycles. The second-order valence-electron chi connectivity index (χ2n) is 5.69. The standard InChI is InChI=1S/C16H22N4S/c1-12-13(10-17-14-5-6-14)11-18-16(19-12)20(2)8-7-15-4-3-9-21-15/h3-4,9,11,14,17H,5-8,10H2,1-2H3. The van der Waals surface area contributed by atoms with Gasteiger partial charge in [-0.2, -0.15) is 0 Å². The molecule has 1 fully saturated rings. The number of nitrogens with one attached hydrogen (secondary N) is 1. The Morgan fingerprint density at radius 3 is 2.95 bits per heavy atom. The fraction of sp³-hybridized carbons (Fsp3) is 0.500. The van der Waals surface area contributed by atoms with Crippen molar-refractivity contribution in [1.29, 1.82) is 0 Å². The van der Waals surface area contributed by atoms with Crippen molar-refractivity contribution in [3.8, 4) is 0 Å². The van der Waals surface area contributed by atoms with Crippen molar-refractivity contribution in [3.05, 3.63) is 39.8 Å². The average Bonchev–Trinajstić information content (AvgIpc) is 3.17. The van der Waals surface area contributed by atoms with Gasteiger partial charge in [0, 0.05) is 48.5 Å². The number of aryl methyl sites for hydroxylation is 1. The van der Waals surface area contributed by atoms with Crippen LogP contribution in [0.25, 0.3) is 0 Å². The second-order valence-corrected chi connectivity index (χ2v) is 6.72. The molecule has 0 aromatic carbocycles. The van der Waals surface area contributed by atoms with Gasteiger partial charge in [0.05, 0.1) is 0 Å². The molecule has 0 amide bonds. The van der Waals surface area contributed by atoms with Crippen LogP contribution >= 0.6 is 11.3 Å². The SMILES string of the molecule is Cc1nc(N(C)CCc2cccs2)ncc1CNC1CC1. The first kappa shape index (κ1) is 14.5. The zero-order valence-electron chi connectivity index (χ0n) is 12.7. The van der Waals surface area contributed by atoms with E-state index in [-0.39, 0.29) is 0 Å². The molecule has 4 nitrogen and oxygen atoms in total. The van der Waals surface area contributed by atoms with Crippen LogP contribution in [0.1, 0.15) is 29.0 Å². The lowest BCUT2D eigenvalue weighted by Crippen LogP contribution is -2.23. The quantitative estimate of drug-likeness (QED) is 0.854. The van der Waals surface area contributed by atoms with Gasteiger partial charge in [-0.25, -0.2) is 9.97 Å². The van der Waals surface area contributed by atoms with Crippen LogP contribution in [0.2, 0.25) is 0 Å². The molecule has 1 aliphatic rings. The first-order chi connectivity index (χ1) is 10.2. The Morgan fingerprint density at radius 1 is 1.43 bits per heavy atom. The van der Waals surface area contributed by atoms with Crippen LogP contribution in [0.5, 0.6) is 0 Å². The highest BCUT2D eigenvalue weighted by Crippen LogP contribution is 2.20. The van der Waals surface area contributed by atoms with E-state index >= 15 is 0 Å². The average molecular weight is 302 g/mol. The summed E-state index contributed by atoms with van der Waals surface area (Å²) >= 11 is 1.81. The highest BCUT2D eigenvalue weighted by atomic mass is 32.1. The van der Waals surface area contributed by atoms with Gasteiger partial charge in [0.15, 0.2) is 0 Å². The number of aromatic nitrogens is 2. The minimum atomic E-state index is 0.720. The smallest absolute Gasteiger partial charge is 0.225 e. The topological polar surface area (TPSA) is 41.1 Å². The van der Waals surface area contributed by atoms with E-state index < -0.39 is 0 Å². The highest BCUT2D eigenvalue weighted by molar-refractivity contribution is 7.09. The summed E-state index contributed by atoms with van der Waals surface area (Å²) in [5, 5.41) is 5.64. The Balaban J connectivity index is 1.57. The van der Waals surface area contributed by atoms with Crippen LogP contribution in [-0.4, -0.2) is 29.6 Å². The van der Waals surface area contributed by atoms with Crippen molar-refractivity contribution >= 4 is 17.3 Å². The van der Waals surface area contributed by atoms with Crippen molar-refractivity contribution in [2.75, 3.05) is 18.5 Å². The number of likely N-dealkylation sites (N-methyl/N-ethyl adjacent to an activating group) is 1. The van der Waals surface area contributed by atoms with Crippen molar-refractivity contribution in [3.63, 3.8) is 0 Å². The zero-order chi connectivity index (χ0) is 14.7. The molecule has 3 rings (SSSR count). The van der Waals surface area contributed by atoms with Crippen molar-refractivity contribution in [1.82, 2.24) is 15.3 Å². The maximum Gasteiger partial charge on any atom is 0.225 e. The molecule has 0 radical (unpaired) electrons. The summed E-state index contributed by atoms with van der Waals surface area (Å²) in [5.74, 6) is 0.819. The van der Waals surface area contributed by atoms with Crippen LogP contribution in [-0.2, 0) is 13.0 Å². The maximum atomic E-state index is 4.65. The van der Waals surface area contributed by atoms with E-state index in [0.717, 1.165) is 37.2 Å². The summed E-state index contributed by atoms with van der Waals surface area (Å²) in [5.41, 5.74) is 2.29. The molecule has 0 atom stereocenters. The number of thiophene rings is 1. The van der Waals surface area contributed by atoms with Gasteiger partial charge in [0.25, 0.3) is 0 Å². The first-order valence-corrected chi connectivity index (χ1v) is 8.40. The lowest BCUT2D eigenvalue weighted by Gasteiger charge is -2.17. The molecule has 1 N–H and O–H groups in total. The number of hydrogen-bond donors (Lipinski definition) is 1. The zero-order valence-corrected chi connectivity index (χ0v) is 13.5. The molecule has 0 aliphatic heterocycles. The summed E-state index contributed by atoms with van der Waals surface area (Å²) in [6, 6.07) is 5.00. The molecule has 1 saturated carbocycles. The van der Waals surface area contributed by atoms with Gasteiger partial charge >= 0.3 is 0 Å². The van der Waals surface area contributed by atoms with Crippen molar-refractivity contribution < 1.29 is 0 Å². The number of hydrogen-bond acceptors (Lipinski definition) is 5. The molecular formula is C16H22N4S. The number of nitrogens with zero attached hydrogens (tertiary/aromatic N) is 3. The van der Waals surface area contributed by atoms with Crippen LogP contribution in [0, 0.1) is 6.92 Å². The molecule has 0 bridgehead atoms. The van der Waals surface area contributed by atoms with E-state index in [1.165, 1.54) is 23.3 Å². The Labute approximate surface area is 130 Å². The normalized spacial score (nSPS) is 14.4. The molecule has 0 spiro atoms. The van der Waals surface area contributed by atoms with E-state index in [1.54, 1.807) is 11.3 Å². The van der Waals surface area contributed by atoms with Gasteiger partial charge in [-0.3, -0.25) is 0 Å². The van der Waals surface area contributed by atoms with Gasteiger partial charge in [-0.05, 0) is 37.6 Å². The lowest BCUT2D eigenvalue weighted by molar-refractivity contribution is 0.678. The summed E-state index contributed by atoms with van der Waals surface area (Å²) in [6.45, 7) is 3.90. The van der Waals surface area contributed by atoms with E-state index in [0.29, 0.717) is 0 Å². The first-order valence-electron chi connectivity index (χ1n) is 7.52. The molecule has 21 heavy (non-hydrogen) atoms. The largest absolute Gasteiger partial charge is 0.344 e. The third-order valence-electron chi connectivity index (χ3n) is 3.84. The molecular weight excluding hydrogens is 280 g/mol. The van der Waals surface area contributed by atoms with Gasteiger partial charge in [0.1, 0.15) is 0 Å². The monoisotopic (exact) mass is 302 g/mol. The van der Waals surface area contributed by atoms with Crippen LogP contribution < -0.4 is 10.2 Å². The third-order valence-corrected chi connectivity index (χ3v) is 4.78. The Bertz CT molecular complexity index is 578. The summed E-state index contributed by atoms with van der Waals surface area (Å²) in [7, 11) is 2.06. The van der Waals surface area contributed by atoms with Crippen molar-refractivity contribution in [2.45, 2.75) is 38.8 Å². The minimum Gasteiger partial charge on any atom is -0.344 e. The summed E-state index contributed by atoms with van der Waals surface area (Å²) in [6.07, 6.45) is 5.63. The molecule has 2 aromatic heterocycles. The van der Waals surface area contributed by atoms with Crippen LogP contribution in [0.4, 0.5) is 5.95 Å². The van der Waals surface area contributed by atoms with E-state index in [4.69, 9.17) is 0 Å². The summed E-state index contributed by atoms with van der Waals surface area (Å²) < 4.78 is 0. The number of anilines is 1.